The fourth-order valence-corrected chi connectivity index (χ4v) is 2.90. The molecule has 0 spiro atoms. The highest BCUT2D eigenvalue weighted by Crippen LogP contribution is 2.24. The number of halogens is 1. The summed E-state index contributed by atoms with van der Waals surface area (Å²) in [6, 6.07) is 0.0609. The molecule has 0 heterocycles. The Morgan fingerprint density at radius 3 is 2.50 bits per heavy atom. The molecule has 0 aromatic carbocycles. The number of carbonyl (C=O) groups is 1. The minimum Gasteiger partial charge on any atom is -0.376 e. The summed E-state index contributed by atoms with van der Waals surface area (Å²) in [5.41, 5.74) is 5.89. The third-order valence-corrected chi connectivity index (χ3v) is 3.96. The van der Waals surface area contributed by atoms with Crippen molar-refractivity contribution in [3.8, 4) is 0 Å². The van der Waals surface area contributed by atoms with Crippen LogP contribution < -0.4 is 11.1 Å². The van der Waals surface area contributed by atoms with Crippen molar-refractivity contribution >= 4 is 18.3 Å². The Balaban J connectivity index is 0.00000162. The van der Waals surface area contributed by atoms with E-state index >= 15 is 0 Å². The Morgan fingerprint density at radius 2 is 1.89 bits per heavy atom. The maximum atomic E-state index is 11.8. The quantitative estimate of drug-likeness (QED) is 0.750. The van der Waals surface area contributed by atoms with E-state index in [0.717, 1.165) is 19.3 Å². The van der Waals surface area contributed by atoms with E-state index in [0.29, 0.717) is 19.3 Å². The molecule has 0 saturated heterocycles. The van der Waals surface area contributed by atoms with Gasteiger partial charge in [-0.05, 0) is 25.7 Å². The molecule has 0 aliphatic heterocycles. The van der Waals surface area contributed by atoms with Crippen LogP contribution in [0, 0.1) is 5.92 Å². The molecule has 3 N–H and O–H groups in total. The largest absolute Gasteiger partial charge is 0.376 e. The van der Waals surface area contributed by atoms with Crippen LogP contribution in [0.15, 0.2) is 0 Å². The van der Waals surface area contributed by atoms with Gasteiger partial charge >= 0.3 is 0 Å². The highest BCUT2D eigenvalue weighted by atomic mass is 35.5. The second-order valence-corrected chi connectivity index (χ2v) is 5.27. The van der Waals surface area contributed by atoms with E-state index < -0.39 is 0 Å². The van der Waals surface area contributed by atoms with Crippen LogP contribution in [-0.4, -0.2) is 31.2 Å². The van der Waals surface area contributed by atoms with Gasteiger partial charge in [-0.3, -0.25) is 4.79 Å². The summed E-state index contributed by atoms with van der Waals surface area (Å²) >= 11 is 0. The zero-order chi connectivity index (χ0) is 12.1. The van der Waals surface area contributed by atoms with Crippen molar-refractivity contribution in [3.05, 3.63) is 0 Å². The molecule has 2 atom stereocenters. The van der Waals surface area contributed by atoms with Crippen LogP contribution in [0.3, 0.4) is 0 Å². The summed E-state index contributed by atoms with van der Waals surface area (Å²) in [5.74, 6) is 0.145. The average molecular weight is 277 g/mol. The molecule has 0 aromatic heterocycles. The monoisotopic (exact) mass is 276 g/mol. The molecule has 2 unspecified atom stereocenters. The molecule has 2 rings (SSSR count). The molecule has 0 bridgehead atoms. The summed E-state index contributed by atoms with van der Waals surface area (Å²) in [6.07, 6.45) is 8.37. The van der Waals surface area contributed by atoms with Gasteiger partial charge in [-0.1, -0.05) is 19.3 Å². The minimum atomic E-state index is 0. The molecular formula is C13H25ClN2O2. The first-order valence-electron chi connectivity index (χ1n) is 6.92. The zero-order valence-corrected chi connectivity index (χ0v) is 11.7. The molecule has 2 aliphatic carbocycles. The van der Waals surface area contributed by atoms with Crippen molar-refractivity contribution in [3.63, 3.8) is 0 Å². The minimum absolute atomic E-state index is 0. The van der Waals surface area contributed by atoms with Crippen molar-refractivity contribution in [1.29, 1.82) is 0 Å². The standard InChI is InChI=1S/C13H24N2O2.ClH/c14-12-7-3-6-11(12)13(16)15-8-9-17-10-4-1-2-5-10;/h10-12H,1-9,14H2,(H,15,16);1H. The lowest BCUT2D eigenvalue weighted by atomic mass is 10.0. The summed E-state index contributed by atoms with van der Waals surface area (Å²) in [6.45, 7) is 1.26. The van der Waals surface area contributed by atoms with Crippen LogP contribution in [0.5, 0.6) is 0 Å². The second-order valence-electron chi connectivity index (χ2n) is 5.27. The smallest absolute Gasteiger partial charge is 0.224 e. The van der Waals surface area contributed by atoms with E-state index in [4.69, 9.17) is 10.5 Å². The molecule has 4 nitrogen and oxygen atoms in total. The fraction of sp³-hybridized carbons (Fsp3) is 0.923. The first-order valence-corrected chi connectivity index (χ1v) is 6.92. The van der Waals surface area contributed by atoms with Crippen LogP contribution in [0.25, 0.3) is 0 Å². The predicted molar refractivity (Wildman–Crippen MR) is 73.8 cm³/mol. The molecule has 0 radical (unpaired) electrons. The highest BCUT2D eigenvalue weighted by molar-refractivity contribution is 5.85. The first-order chi connectivity index (χ1) is 8.27. The van der Waals surface area contributed by atoms with E-state index in [-0.39, 0.29) is 30.3 Å². The number of ether oxygens (including phenoxy) is 1. The number of nitrogens with one attached hydrogen (secondary N) is 1. The normalized spacial score (nSPS) is 28.1. The van der Waals surface area contributed by atoms with Gasteiger partial charge < -0.3 is 15.8 Å². The summed E-state index contributed by atoms with van der Waals surface area (Å²) < 4.78 is 5.70. The van der Waals surface area contributed by atoms with Crippen LogP contribution in [-0.2, 0) is 9.53 Å². The maximum Gasteiger partial charge on any atom is 0.224 e. The third kappa shape index (κ3) is 4.41. The molecule has 2 saturated carbocycles. The Morgan fingerprint density at radius 1 is 1.17 bits per heavy atom. The van der Waals surface area contributed by atoms with Crippen molar-refractivity contribution in [2.75, 3.05) is 13.2 Å². The third-order valence-electron chi connectivity index (χ3n) is 3.96. The topological polar surface area (TPSA) is 64.4 Å². The Bertz CT molecular complexity index is 257. The Labute approximate surface area is 115 Å². The summed E-state index contributed by atoms with van der Waals surface area (Å²) in [5, 5.41) is 2.94. The number of carbonyl (C=O) groups excluding carboxylic acids is 1. The van der Waals surface area contributed by atoms with E-state index in [9.17, 15) is 4.79 Å². The van der Waals surface area contributed by atoms with Gasteiger partial charge in [0.15, 0.2) is 0 Å². The van der Waals surface area contributed by atoms with Crippen LogP contribution in [0.4, 0.5) is 0 Å². The van der Waals surface area contributed by atoms with Gasteiger partial charge in [0.2, 0.25) is 5.91 Å². The van der Waals surface area contributed by atoms with Crippen LogP contribution >= 0.6 is 12.4 Å². The Hall–Kier alpha value is -0.320. The predicted octanol–water partition coefficient (Wildman–Crippen LogP) is 1.61. The summed E-state index contributed by atoms with van der Waals surface area (Å²) in [4.78, 5) is 11.8. The van der Waals surface area contributed by atoms with Crippen molar-refractivity contribution in [2.45, 2.75) is 57.1 Å². The molecule has 5 heteroatoms. The first kappa shape index (κ1) is 15.7. The van der Waals surface area contributed by atoms with Gasteiger partial charge in [0.25, 0.3) is 0 Å². The molecule has 0 aromatic rings. The van der Waals surface area contributed by atoms with Gasteiger partial charge in [0.05, 0.1) is 18.6 Å². The van der Waals surface area contributed by atoms with Gasteiger partial charge in [-0.15, -0.1) is 12.4 Å². The maximum absolute atomic E-state index is 11.8. The van der Waals surface area contributed by atoms with Gasteiger partial charge in [-0.2, -0.15) is 0 Å². The molecule has 1 amide bonds. The van der Waals surface area contributed by atoms with E-state index in [1.807, 2.05) is 0 Å². The number of nitrogens with two attached hydrogens (primary N) is 1. The van der Waals surface area contributed by atoms with E-state index in [2.05, 4.69) is 5.32 Å². The lowest BCUT2D eigenvalue weighted by Gasteiger charge is -2.16. The van der Waals surface area contributed by atoms with Crippen LogP contribution in [0.1, 0.15) is 44.9 Å². The van der Waals surface area contributed by atoms with Gasteiger partial charge in [0, 0.05) is 12.6 Å². The lowest BCUT2D eigenvalue weighted by molar-refractivity contribution is -0.125. The second kappa shape index (κ2) is 7.97. The van der Waals surface area contributed by atoms with E-state index in [1.54, 1.807) is 0 Å². The average Bonchev–Trinajstić information content (AvgIpc) is 2.95. The molecule has 2 fully saturated rings. The fourth-order valence-electron chi connectivity index (χ4n) is 2.90. The molecule has 2 aliphatic rings. The zero-order valence-electron chi connectivity index (χ0n) is 10.9. The van der Waals surface area contributed by atoms with Crippen molar-refractivity contribution in [2.24, 2.45) is 11.7 Å². The summed E-state index contributed by atoms with van der Waals surface area (Å²) in [7, 11) is 0. The van der Waals surface area contributed by atoms with Crippen LogP contribution in [0.2, 0.25) is 0 Å². The lowest BCUT2D eigenvalue weighted by Crippen LogP contribution is -2.40. The molecule has 18 heavy (non-hydrogen) atoms. The van der Waals surface area contributed by atoms with Crippen molar-refractivity contribution in [1.82, 2.24) is 5.32 Å². The number of amides is 1. The van der Waals surface area contributed by atoms with Crippen molar-refractivity contribution < 1.29 is 9.53 Å². The van der Waals surface area contributed by atoms with Gasteiger partial charge in [0.1, 0.15) is 0 Å². The number of rotatable bonds is 5. The van der Waals surface area contributed by atoms with E-state index in [1.165, 1.54) is 25.7 Å². The molecular weight excluding hydrogens is 252 g/mol. The molecule has 106 valence electrons. The SMILES string of the molecule is Cl.NC1CCCC1C(=O)NCCOC1CCCC1. The highest BCUT2D eigenvalue weighted by Gasteiger charge is 2.29. The Kier molecular flexibility index (Phi) is 6.97. The number of hydrogen-bond donors (Lipinski definition) is 2. The number of hydrogen-bond acceptors (Lipinski definition) is 3. The van der Waals surface area contributed by atoms with Gasteiger partial charge in [-0.25, -0.2) is 0 Å².